The number of carbonyl (C=O) groups excluding carboxylic acids is 1. The number of aryl methyl sites for hydroxylation is 4. The molecule has 4 rings (SSSR count). The third kappa shape index (κ3) is 2.93. The van der Waals surface area contributed by atoms with E-state index in [4.69, 9.17) is 4.98 Å². The molecule has 0 spiro atoms. The molecular weight excluding hydrogens is 330 g/mol. The minimum atomic E-state index is -0.0680. The number of anilines is 1. The summed E-state index contributed by atoms with van der Waals surface area (Å²) in [7, 11) is 0. The van der Waals surface area contributed by atoms with E-state index in [-0.39, 0.29) is 5.91 Å². The van der Waals surface area contributed by atoms with Gasteiger partial charge in [0.1, 0.15) is 10.7 Å². The molecule has 1 N–H and O–H groups in total. The summed E-state index contributed by atoms with van der Waals surface area (Å²) in [5.41, 5.74) is 5.01. The van der Waals surface area contributed by atoms with Crippen molar-refractivity contribution in [2.24, 2.45) is 0 Å². The summed E-state index contributed by atoms with van der Waals surface area (Å²) in [6, 6.07) is 6.08. The van der Waals surface area contributed by atoms with E-state index < -0.39 is 0 Å². The number of rotatable bonds is 3. The highest BCUT2D eigenvalue weighted by molar-refractivity contribution is 7.20. The molecule has 0 unspecified atom stereocenters. The maximum atomic E-state index is 12.9. The monoisotopic (exact) mass is 351 g/mol. The lowest BCUT2D eigenvalue weighted by molar-refractivity contribution is 0.103. The standard InChI is InChI=1S/C20H21N3OS/c1-10-5-6-11(2)15(9-10)22-19(24)17-12(3)16-13(4)21-18(14-7-8-14)23-20(16)25-17/h5-6,9,14H,7-8H2,1-4H3,(H,22,24). The number of carbonyl (C=O) groups is 1. The van der Waals surface area contributed by atoms with E-state index >= 15 is 0 Å². The molecule has 1 aliphatic carbocycles. The Morgan fingerprint density at radius 1 is 1.16 bits per heavy atom. The van der Waals surface area contributed by atoms with Gasteiger partial charge in [0.15, 0.2) is 0 Å². The van der Waals surface area contributed by atoms with Gasteiger partial charge < -0.3 is 5.32 Å². The summed E-state index contributed by atoms with van der Waals surface area (Å²) in [4.78, 5) is 23.9. The fourth-order valence-electron chi connectivity index (χ4n) is 3.15. The second-order valence-corrected chi connectivity index (χ2v) is 7.95. The molecule has 0 aliphatic heterocycles. The number of hydrogen-bond acceptors (Lipinski definition) is 4. The summed E-state index contributed by atoms with van der Waals surface area (Å²) in [6.07, 6.45) is 2.35. The minimum absolute atomic E-state index is 0.0680. The number of aromatic nitrogens is 2. The molecule has 128 valence electrons. The highest BCUT2D eigenvalue weighted by atomic mass is 32.1. The van der Waals surface area contributed by atoms with Gasteiger partial charge in [-0.3, -0.25) is 4.79 Å². The van der Waals surface area contributed by atoms with Gasteiger partial charge in [0.2, 0.25) is 0 Å². The van der Waals surface area contributed by atoms with E-state index in [1.807, 2.05) is 45.9 Å². The Kier molecular flexibility index (Phi) is 3.84. The SMILES string of the molecule is Cc1ccc(C)c(NC(=O)c2sc3nc(C4CC4)nc(C)c3c2C)c1. The summed E-state index contributed by atoms with van der Waals surface area (Å²) in [6.45, 7) is 8.04. The van der Waals surface area contributed by atoms with E-state index in [0.29, 0.717) is 5.92 Å². The first kappa shape index (κ1) is 16.2. The Morgan fingerprint density at radius 3 is 2.64 bits per heavy atom. The molecule has 3 aromatic rings. The van der Waals surface area contributed by atoms with Gasteiger partial charge in [0.05, 0.1) is 10.6 Å². The van der Waals surface area contributed by atoms with Gasteiger partial charge in [0, 0.05) is 17.0 Å². The van der Waals surface area contributed by atoms with Crippen molar-refractivity contribution < 1.29 is 4.79 Å². The van der Waals surface area contributed by atoms with Crippen LogP contribution in [0.3, 0.4) is 0 Å². The number of hydrogen-bond donors (Lipinski definition) is 1. The summed E-state index contributed by atoms with van der Waals surface area (Å²) in [5, 5.41) is 4.09. The Bertz CT molecular complexity index is 1000. The van der Waals surface area contributed by atoms with Gasteiger partial charge >= 0.3 is 0 Å². The fraction of sp³-hybridized carbons (Fsp3) is 0.350. The zero-order valence-corrected chi connectivity index (χ0v) is 15.8. The predicted octanol–water partition coefficient (Wildman–Crippen LogP) is 5.05. The third-order valence-electron chi connectivity index (χ3n) is 4.78. The van der Waals surface area contributed by atoms with Crippen LogP contribution in [0.1, 0.15) is 56.6 Å². The van der Waals surface area contributed by atoms with Gasteiger partial charge in [-0.2, -0.15) is 0 Å². The van der Waals surface area contributed by atoms with E-state index in [2.05, 4.69) is 10.3 Å². The normalized spacial score (nSPS) is 14.1. The van der Waals surface area contributed by atoms with Crippen LogP contribution in [0.5, 0.6) is 0 Å². The van der Waals surface area contributed by atoms with Crippen LogP contribution in [0.4, 0.5) is 5.69 Å². The maximum absolute atomic E-state index is 12.9. The molecule has 0 radical (unpaired) electrons. The highest BCUT2D eigenvalue weighted by Crippen LogP contribution is 2.40. The minimum Gasteiger partial charge on any atom is -0.321 e. The highest BCUT2D eigenvalue weighted by Gasteiger charge is 2.28. The molecule has 0 atom stereocenters. The maximum Gasteiger partial charge on any atom is 0.266 e. The first-order valence-electron chi connectivity index (χ1n) is 8.60. The van der Waals surface area contributed by atoms with Crippen molar-refractivity contribution in [2.45, 2.75) is 46.5 Å². The quantitative estimate of drug-likeness (QED) is 0.718. The van der Waals surface area contributed by atoms with Crippen molar-refractivity contribution in [1.82, 2.24) is 9.97 Å². The van der Waals surface area contributed by atoms with Crippen molar-refractivity contribution >= 4 is 33.1 Å². The summed E-state index contributed by atoms with van der Waals surface area (Å²) in [5.74, 6) is 1.38. The largest absolute Gasteiger partial charge is 0.321 e. The van der Waals surface area contributed by atoms with Crippen LogP contribution in [0.25, 0.3) is 10.2 Å². The molecule has 2 heterocycles. The van der Waals surface area contributed by atoms with Crippen LogP contribution >= 0.6 is 11.3 Å². The Morgan fingerprint density at radius 2 is 1.92 bits per heavy atom. The lowest BCUT2D eigenvalue weighted by Gasteiger charge is -2.09. The van der Waals surface area contributed by atoms with E-state index in [1.165, 1.54) is 24.2 Å². The molecule has 1 aliphatic rings. The van der Waals surface area contributed by atoms with E-state index in [9.17, 15) is 4.79 Å². The van der Waals surface area contributed by atoms with Gasteiger partial charge in [-0.1, -0.05) is 12.1 Å². The van der Waals surface area contributed by atoms with Gasteiger partial charge in [0.25, 0.3) is 5.91 Å². The van der Waals surface area contributed by atoms with Crippen molar-refractivity contribution in [3.05, 3.63) is 51.3 Å². The molecule has 1 amide bonds. The zero-order valence-electron chi connectivity index (χ0n) is 14.9. The number of thiophene rings is 1. The smallest absolute Gasteiger partial charge is 0.266 e. The molecule has 1 aromatic carbocycles. The lowest BCUT2D eigenvalue weighted by Crippen LogP contribution is -2.12. The summed E-state index contributed by atoms with van der Waals surface area (Å²) >= 11 is 1.47. The number of amides is 1. The van der Waals surface area contributed by atoms with Gasteiger partial charge in [-0.15, -0.1) is 11.3 Å². The van der Waals surface area contributed by atoms with E-state index in [0.717, 1.165) is 49.0 Å². The van der Waals surface area contributed by atoms with Gasteiger partial charge in [-0.25, -0.2) is 9.97 Å². The Labute approximate surface area is 151 Å². The second-order valence-electron chi connectivity index (χ2n) is 6.95. The molecule has 5 heteroatoms. The average molecular weight is 351 g/mol. The number of nitrogens with one attached hydrogen (secondary N) is 1. The third-order valence-corrected chi connectivity index (χ3v) is 5.96. The second kappa shape index (κ2) is 5.92. The molecule has 25 heavy (non-hydrogen) atoms. The molecule has 0 bridgehead atoms. The van der Waals surface area contributed by atoms with Crippen LogP contribution in [0.2, 0.25) is 0 Å². The molecular formula is C20H21N3OS. The van der Waals surface area contributed by atoms with Crippen LogP contribution < -0.4 is 5.32 Å². The number of benzene rings is 1. The van der Waals surface area contributed by atoms with Crippen molar-refractivity contribution in [3.63, 3.8) is 0 Å². The fourth-order valence-corrected chi connectivity index (χ4v) is 4.28. The topological polar surface area (TPSA) is 54.9 Å². The predicted molar refractivity (Wildman–Crippen MR) is 103 cm³/mol. The van der Waals surface area contributed by atoms with Crippen LogP contribution in [-0.2, 0) is 0 Å². The van der Waals surface area contributed by atoms with Crippen LogP contribution in [0, 0.1) is 27.7 Å². The zero-order chi connectivity index (χ0) is 17.7. The molecule has 0 saturated heterocycles. The molecule has 1 fully saturated rings. The Hall–Kier alpha value is -2.27. The van der Waals surface area contributed by atoms with Crippen molar-refractivity contribution in [3.8, 4) is 0 Å². The molecule has 1 saturated carbocycles. The van der Waals surface area contributed by atoms with Crippen LogP contribution in [-0.4, -0.2) is 15.9 Å². The summed E-state index contributed by atoms with van der Waals surface area (Å²) < 4.78 is 0. The number of fused-ring (bicyclic) bond motifs is 1. The average Bonchev–Trinajstić information content (AvgIpc) is 3.35. The van der Waals surface area contributed by atoms with Gasteiger partial charge in [-0.05, 0) is 63.3 Å². The van der Waals surface area contributed by atoms with Crippen molar-refractivity contribution in [1.29, 1.82) is 0 Å². The van der Waals surface area contributed by atoms with E-state index in [1.54, 1.807) is 0 Å². The first-order valence-corrected chi connectivity index (χ1v) is 9.42. The Balaban J connectivity index is 1.73. The first-order chi connectivity index (χ1) is 11.9. The van der Waals surface area contributed by atoms with Crippen molar-refractivity contribution in [2.75, 3.05) is 5.32 Å². The van der Waals surface area contributed by atoms with Crippen LogP contribution in [0.15, 0.2) is 18.2 Å². The number of nitrogens with zero attached hydrogens (tertiary/aromatic N) is 2. The molecule has 2 aromatic heterocycles. The molecule has 4 nitrogen and oxygen atoms in total. The lowest BCUT2D eigenvalue weighted by atomic mass is 10.1.